The van der Waals surface area contributed by atoms with Crippen LogP contribution >= 0.6 is 0 Å². The number of hydrogen-bond donors (Lipinski definition) is 0. The number of rotatable bonds is 4. The first-order valence-electron chi connectivity index (χ1n) is 7.43. The lowest BCUT2D eigenvalue weighted by Crippen LogP contribution is -2.35. The van der Waals surface area contributed by atoms with Gasteiger partial charge in [0, 0.05) is 58.3 Å². The third-order valence-corrected chi connectivity index (χ3v) is 4.19. The van der Waals surface area contributed by atoms with E-state index >= 15 is 0 Å². The Bertz CT molecular complexity index is 360. The van der Waals surface area contributed by atoms with Crippen molar-refractivity contribution in [3.63, 3.8) is 0 Å². The summed E-state index contributed by atoms with van der Waals surface area (Å²) < 4.78 is 7.61. The summed E-state index contributed by atoms with van der Waals surface area (Å²) in [5.41, 5.74) is 0. The molecule has 2 fully saturated rings. The topological polar surface area (TPSA) is 33.5 Å². The van der Waals surface area contributed by atoms with Gasteiger partial charge < -0.3 is 4.74 Å². The van der Waals surface area contributed by atoms with E-state index in [1.54, 1.807) is 0 Å². The van der Waals surface area contributed by atoms with Gasteiger partial charge in [0.1, 0.15) is 0 Å². The molecule has 1 aromatic rings. The van der Waals surface area contributed by atoms with E-state index in [9.17, 15) is 0 Å². The van der Waals surface area contributed by atoms with Crippen LogP contribution in [-0.2, 0) is 4.74 Å². The van der Waals surface area contributed by atoms with Gasteiger partial charge in [0.2, 0.25) is 0 Å². The van der Waals surface area contributed by atoms with Crippen molar-refractivity contribution in [2.24, 2.45) is 0 Å². The summed E-state index contributed by atoms with van der Waals surface area (Å²) in [5.74, 6) is 0. The first-order valence-corrected chi connectivity index (χ1v) is 7.43. The standard InChI is InChI=1S/C14H24N4O/c1-4-15-18(6-1)14-3-7-17(13-14)9-8-16-5-2-11-19-12-10-16/h1,4,6,14H,2-3,5,7-13H2. The van der Waals surface area contributed by atoms with Gasteiger partial charge in [-0.1, -0.05) is 0 Å². The van der Waals surface area contributed by atoms with Crippen LogP contribution in [0.3, 0.4) is 0 Å². The smallest absolute Gasteiger partial charge is 0.0658 e. The molecule has 3 rings (SSSR count). The predicted octanol–water partition coefficient (Wildman–Crippen LogP) is 0.852. The summed E-state index contributed by atoms with van der Waals surface area (Å²) in [4.78, 5) is 5.10. The van der Waals surface area contributed by atoms with Gasteiger partial charge in [-0.25, -0.2) is 0 Å². The van der Waals surface area contributed by atoms with E-state index < -0.39 is 0 Å². The Morgan fingerprint density at radius 1 is 1.11 bits per heavy atom. The third kappa shape index (κ3) is 3.55. The second-order valence-electron chi connectivity index (χ2n) is 5.54. The number of nitrogens with zero attached hydrogens (tertiary/aromatic N) is 4. The third-order valence-electron chi connectivity index (χ3n) is 4.19. The summed E-state index contributed by atoms with van der Waals surface area (Å²) >= 11 is 0. The molecule has 5 heteroatoms. The number of hydrogen-bond acceptors (Lipinski definition) is 4. The summed E-state index contributed by atoms with van der Waals surface area (Å²) in [6.45, 7) is 8.82. The summed E-state index contributed by atoms with van der Waals surface area (Å²) in [6, 6.07) is 2.59. The van der Waals surface area contributed by atoms with Crippen LogP contribution in [-0.4, -0.2) is 72.1 Å². The Balaban J connectivity index is 1.41. The molecule has 106 valence electrons. The quantitative estimate of drug-likeness (QED) is 0.807. The van der Waals surface area contributed by atoms with Crippen LogP contribution in [0.25, 0.3) is 0 Å². The molecule has 19 heavy (non-hydrogen) atoms. The predicted molar refractivity (Wildman–Crippen MR) is 74.2 cm³/mol. The largest absolute Gasteiger partial charge is 0.380 e. The molecular formula is C14H24N4O. The highest BCUT2D eigenvalue weighted by atomic mass is 16.5. The maximum Gasteiger partial charge on any atom is 0.0658 e. The molecule has 5 nitrogen and oxygen atoms in total. The molecule has 2 aliphatic rings. The maximum absolute atomic E-state index is 5.50. The lowest BCUT2D eigenvalue weighted by molar-refractivity contribution is 0.139. The Morgan fingerprint density at radius 2 is 2.05 bits per heavy atom. The van der Waals surface area contributed by atoms with Crippen LogP contribution in [0.15, 0.2) is 18.5 Å². The maximum atomic E-state index is 5.50. The Labute approximate surface area is 115 Å². The lowest BCUT2D eigenvalue weighted by atomic mass is 10.3. The molecule has 3 heterocycles. The minimum Gasteiger partial charge on any atom is -0.380 e. The van der Waals surface area contributed by atoms with Crippen molar-refractivity contribution in [3.05, 3.63) is 18.5 Å². The molecule has 0 spiro atoms. The molecule has 0 saturated carbocycles. The minimum atomic E-state index is 0.572. The number of likely N-dealkylation sites (tertiary alicyclic amines) is 1. The molecular weight excluding hydrogens is 240 g/mol. The molecule has 0 N–H and O–H groups in total. The van der Waals surface area contributed by atoms with Crippen LogP contribution in [0.2, 0.25) is 0 Å². The fraction of sp³-hybridized carbons (Fsp3) is 0.786. The summed E-state index contributed by atoms with van der Waals surface area (Å²) in [7, 11) is 0. The van der Waals surface area contributed by atoms with E-state index in [2.05, 4.69) is 25.8 Å². The molecule has 1 atom stereocenters. The van der Waals surface area contributed by atoms with Gasteiger partial charge in [-0.05, 0) is 18.9 Å². The molecule has 0 amide bonds. The fourth-order valence-electron chi connectivity index (χ4n) is 3.03. The van der Waals surface area contributed by atoms with Crippen LogP contribution in [0, 0.1) is 0 Å². The van der Waals surface area contributed by atoms with Crippen LogP contribution in [0.5, 0.6) is 0 Å². The molecule has 0 bridgehead atoms. The van der Waals surface area contributed by atoms with Gasteiger partial charge in [0.05, 0.1) is 12.6 Å². The highest BCUT2D eigenvalue weighted by molar-refractivity contribution is 4.86. The fourth-order valence-corrected chi connectivity index (χ4v) is 3.03. The van der Waals surface area contributed by atoms with Crippen molar-refractivity contribution in [1.82, 2.24) is 19.6 Å². The zero-order chi connectivity index (χ0) is 12.9. The van der Waals surface area contributed by atoms with Crippen molar-refractivity contribution in [1.29, 1.82) is 0 Å². The molecule has 1 aromatic heterocycles. The van der Waals surface area contributed by atoms with Crippen LogP contribution in [0.4, 0.5) is 0 Å². The first-order chi connectivity index (χ1) is 9.42. The van der Waals surface area contributed by atoms with E-state index in [0.29, 0.717) is 6.04 Å². The average Bonchev–Trinajstić information content (AvgIpc) is 3.04. The Kier molecular flexibility index (Phi) is 4.48. The van der Waals surface area contributed by atoms with Crippen molar-refractivity contribution >= 4 is 0 Å². The molecule has 2 aliphatic heterocycles. The molecule has 0 aliphatic carbocycles. The Morgan fingerprint density at radius 3 is 2.95 bits per heavy atom. The van der Waals surface area contributed by atoms with Gasteiger partial charge in [-0.3, -0.25) is 14.5 Å². The lowest BCUT2D eigenvalue weighted by Gasteiger charge is -2.23. The van der Waals surface area contributed by atoms with Gasteiger partial charge >= 0.3 is 0 Å². The minimum absolute atomic E-state index is 0.572. The normalized spacial score (nSPS) is 26.6. The second kappa shape index (κ2) is 6.50. The summed E-state index contributed by atoms with van der Waals surface area (Å²) in [6.07, 6.45) is 6.36. The van der Waals surface area contributed by atoms with Crippen molar-refractivity contribution in [3.8, 4) is 0 Å². The number of aromatic nitrogens is 2. The van der Waals surface area contributed by atoms with Crippen molar-refractivity contribution < 1.29 is 4.74 Å². The monoisotopic (exact) mass is 264 g/mol. The van der Waals surface area contributed by atoms with E-state index in [1.165, 1.54) is 39.0 Å². The Hall–Kier alpha value is -0.910. The van der Waals surface area contributed by atoms with Gasteiger partial charge in [0.15, 0.2) is 0 Å². The van der Waals surface area contributed by atoms with E-state index in [4.69, 9.17) is 4.74 Å². The van der Waals surface area contributed by atoms with Gasteiger partial charge in [-0.15, -0.1) is 0 Å². The van der Waals surface area contributed by atoms with Gasteiger partial charge in [0.25, 0.3) is 0 Å². The summed E-state index contributed by atoms with van der Waals surface area (Å²) in [5, 5.41) is 4.36. The highest BCUT2D eigenvalue weighted by Crippen LogP contribution is 2.20. The number of ether oxygens (including phenoxy) is 1. The van der Waals surface area contributed by atoms with E-state index in [1.807, 2.05) is 12.3 Å². The molecule has 1 unspecified atom stereocenters. The van der Waals surface area contributed by atoms with Crippen LogP contribution in [0.1, 0.15) is 18.9 Å². The van der Waals surface area contributed by atoms with E-state index in [-0.39, 0.29) is 0 Å². The van der Waals surface area contributed by atoms with Crippen molar-refractivity contribution in [2.45, 2.75) is 18.9 Å². The zero-order valence-electron chi connectivity index (χ0n) is 11.6. The first kappa shape index (κ1) is 13.1. The zero-order valence-corrected chi connectivity index (χ0v) is 11.6. The van der Waals surface area contributed by atoms with E-state index in [0.717, 1.165) is 26.3 Å². The van der Waals surface area contributed by atoms with Crippen LogP contribution < -0.4 is 0 Å². The molecule has 0 radical (unpaired) electrons. The average molecular weight is 264 g/mol. The van der Waals surface area contributed by atoms with Crippen molar-refractivity contribution in [2.75, 3.05) is 52.5 Å². The second-order valence-corrected chi connectivity index (χ2v) is 5.54. The van der Waals surface area contributed by atoms with Gasteiger partial charge in [-0.2, -0.15) is 5.10 Å². The molecule has 2 saturated heterocycles. The SMILES string of the molecule is c1cnn(C2CCN(CCN3CCCOCC3)C2)c1. The molecule has 0 aromatic carbocycles. The highest BCUT2D eigenvalue weighted by Gasteiger charge is 2.24.